The van der Waals surface area contributed by atoms with Gasteiger partial charge in [-0.3, -0.25) is 0 Å². The van der Waals surface area contributed by atoms with Crippen molar-refractivity contribution in [1.29, 1.82) is 0 Å². The number of benzene rings is 3. The molecule has 0 bridgehead atoms. The zero-order valence-electron chi connectivity index (χ0n) is 17.2. The molecular weight excluding hydrogens is 396 g/mol. The largest absolute Gasteiger partial charge is 0.493 e. The predicted molar refractivity (Wildman–Crippen MR) is 119 cm³/mol. The second-order valence-electron chi connectivity index (χ2n) is 7.85. The third-order valence-electron chi connectivity index (χ3n) is 5.01. The van der Waals surface area contributed by atoms with Crippen LogP contribution in [0.2, 0.25) is 0 Å². The van der Waals surface area contributed by atoms with Gasteiger partial charge in [0.25, 0.3) is 0 Å². The van der Waals surface area contributed by atoms with E-state index in [1.807, 2.05) is 60.7 Å². The van der Waals surface area contributed by atoms with Crippen LogP contribution in [0.1, 0.15) is 31.1 Å². The summed E-state index contributed by atoms with van der Waals surface area (Å²) in [6, 6.07) is 24.3. The Labute approximate surface area is 178 Å². The Balaban J connectivity index is 1.70. The highest BCUT2D eigenvalue weighted by Gasteiger charge is 2.38. The maximum atomic E-state index is 13.5. The van der Waals surface area contributed by atoms with Crippen LogP contribution in [0.15, 0.2) is 83.8 Å². The van der Waals surface area contributed by atoms with Crippen molar-refractivity contribution < 1.29 is 13.2 Å². The molecule has 0 saturated heterocycles. The van der Waals surface area contributed by atoms with Crippen molar-refractivity contribution in [1.82, 2.24) is 4.31 Å². The molecule has 3 aromatic carbocycles. The van der Waals surface area contributed by atoms with Gasteiger partial charge < -0.3 is 10.1 Å². The molecule has 0 radical (unpaired) electrons. The van der Waals surface area contributed by atoms with Gasteiger partial charge in [0.15, 0.2) is 0 Å². The Hall–Kier alpha value is -2.83. The van der Waals surface area contributed by atoms with Gasteiger partial charge in [-0.15, -0.1) is 0 Å². The van der Waals surface area contributed by atoms with E-state index < -0.39 is 16.2 Å². The lowest BCUT2D eigenvalue weighted by Crippen LogP contribution is -2.42. The van der Waals surface area contributed by atoms with E-state index in [1.165, 1.54) is 4.31 Å². The van der Waals surface area contributed by atoms with Crippen LogP contribution in [-0.2, 0) is 16.6 Å². The molecule has 1 N–H and O–H groups in total. The molecule has 6 heteroatoms. The van der Waals surface area contributed by atoms with Gasteiger partial charge in [-0.25, -0.2) is 8.42 Å². The molecule has 0 fully saturated rings. The molecule has 0 aromatic heterocycles. The van der Waals surface area contributed by atoms with Crippen LogP contribution in [0.5, 0.6) is 5.75 Å². The fraction of sp³-hybridized carbons (Fsp3) is 0.250. The summed E-state index contributed by atoms with van der Waals surface area (Å²) in [5.74, 6) is 1.22. The molecule has 0 saturated carbocycles. The Morgan fingerprint density at radius 1 is 0.933 bits per heavy atom. The lowest BCUT2D eigenvalue weighted by Gasteiger charge is -2.37. The average molecular weight is 423 g/mol. The fourth-order valence-electron chi connectivity index (χ4n) is 3.49. The minimum Gasteiger partial charge on any atom is -0.493 e. The normalized spacial score (nSPS) is 17.9. The van der Waals surface area contributed by atoms with E-state index in [0.717, 1.165) is 16.9 Å². The lowest BCUT2D eigenvalue weighted by molar-refractivity contribution is 0.270. The van der Waals surface area contributed by atoms with Gasteiger partial charge in [0.2, 0.25) is 10.0 Å². The molecule has 156 valence electrons. The molecule has 1 aliphatic rings. The molecular formula is C24H26N2O3S. The second-order valence-corrected chi connectivity index (χ2v) is 9.71. The quantitative estimate of drug-likeness (QED) is 0.605. The minimum absolute atomic E-state index is 0.279. The fourth-order valence-corrected chi connectivity index (χ4v) is 5.17. The number of fused-ring (bicyclic) bond motifs is 1. The number of nitrogens with one attached hydrogen (secondary N) is 1. The van der Waals surface area contributed by atoms with E-state index in [4.69, 9.17) is 4.74 Å². The summed E-state index contributed by atoms with van der Waals surface area (Å²) < 4.78 is 34.3. The first-order valence-corrected chi connectivity index (χ1v) is 11.5. The number of nitrogens with zero attached hydrogens (tertiary/aromatic N) is 1. The molecule has 0 unspecified atom stereocenters. The third kappa shape index (κ3) is 4.20. The maximum Gasteiger partial charge on any atom is 0.247 e. The smallest absolute Gasteiger partial charge is 0.247 e. The van der Waals surface area contributed by atoms with Crippen molar-refractivity contribution in [3.63, 3.8) is 0 Å². The maximum absolute atomic E-state index is 13.5. The number of anilines is 1. The van der Waals surface area contributed by atoms with Crippen molar-refractivity contribution in [3.8, 4) is 5.75 Å². The molecule has 1 atom stereocenters. The standard InChI is InChI=1S/C24H26N2O3S/c1-18(2)17-29-21-14-12-20(13-15-21)24-25-22-10-6-7-11-23(22)30(27,28)26(24)16-19-8-4-3-5-9-19/h3-15,18,24-25H,16-17H2,1-2H3/t24-/m1/s1. The summed E-state index contributed by atoms with van der Waals surface area (Å²) in [7, 11) is -3.67. The second kappa shape index (κ2) is 8.50. The van der Waals surface area contributed by atoms with Crippen LogP contribution in [0.25, 0.3) is 0 Å². The number of rotatable bonds is 6. The number of para-hydroxylation sites is 1. The first-order chi connectivity index (χ1) is 14.4. The van der Waals surface area contributed by atoms with E-state index in [0.29, 0.717) is 23.1 Å². The first kappa shape index (κ1) is 20.4. The van der Waals surface area contributed by atoms with Crippen LogP contribution in [0.3, 0.4) is 0 Å². The van der Waals surface area contributed by atoms with Crippen LogP contribution in [-0.4, -0.2) is 19.3 Å². The van der Waals surface area contributed by atoms with E-state index in [9.17, 15) is 8.42 Å². The molecule has 4 rings (SSSR count). The highest BCUT2D eigenvalue weighted by atomic mass is 32.2. The van der Waals surface area contributed by atoms with Crippen molar-refractivity contribution in [2.45, 2.75) is 31.5 Å². The summed E-state index contributed by atoms with van der Waals surface area (Å²) in [4.78, 5) is 0.300. The van der Waals surface area contributed by atoms with Crippen LogP contribution in [0, 0.1) is 5.92 Å². The van der Waals surface area contributed by atoms with Gasteiger partial charge in [0.1, 0.15) is 16.8 Å². The Morgan fingerprint density at radius 3 is 2.30 bits per heavy atom. The zero-order chi connectivity index (χ0) is 21.1. The number of hydrogen-bond acceptors (Lipinski definition) is 4. The Bertz CT molecular complexity index is 1100. The van der Waals surface area contributed by atoms with Crippen molar-refractivity contribution in [2.75, 3.05) is 11.9 Å². The summed E-state index contributed by atoms with van der Waals surface area (Å²) >= 11 is 0. The highest BCUT2D eigenvalue weighted by Crippen LogP contribution is 2.39. The monoisotopic (exact) mass is 422 g/mol. The van der Waals surface area contributed by atoms with Gasteiger partial charge in [0, 0.05) is 6.54 Å². The molecule has 30 heavy (non-hydrogen) atoms. The summed E-state index contributed by atoms with van der Waals surface area (Å²) in [6.45, 7) is 5.12. The van der Waals surface area contributed by atoms with Gasteiger partial charge in [0.05, 0.1) is 12.3 Å². The predicted octanol–water partition coefficient (Wildman–Crippen LogP) is 5.04. The van der Waals surface area contributed by atoms with Gasteiger partial charge in [-0.1, -0.05) is 68.4 Å². The SMILES string of the molecule is CC(C)COc1ccc([C@@H]2Nc3ccccc3S(=O)(=O)N2Cc2ccccc2)cc1. The van der Waals surface area contributed by atoms with E-state index in [-0.39, 0.29) is 6.54 Å². The van der Waals surface area contributed by atoms with Gasteiger partial charge in [-0.05, 0) is 41.3 Å². The van der Waals surface area contributed by atoms with Crippen LogP contribution < -0.4 is 10.1 Å². The molecule has 1 aliphatic heterocycles. The number of ether oxygens (including phenoxy) is 1. The average Bonchev–Trinajstić information content (AvgIpc) is 2.75. The van der Waals surface area contributed by atoms with Crippen molar-refractivity contribution in [2.24, 2.45) is 5.92 Å². The van der Waals surface area contributed by atoms with E-state index in [2.05, 4.69) is 19.2 Å². The Morgan fingerprint density at radius 2 is 1.60 bits per heavy atom. The van der Waals surface area contributed by atoms with Crippen molar-refractivity contribution in [3.05, 3.63) is 90.0 Å². The molecule has 5 nitrogen and oxygen atoms in total. The molecule has 0 aliphatic carbocycles. The number of hydrogen-bond donors (Lipinski definition) is 1. The summed E-state index contributed by atoms with van der Waals surface area (Å²) in [5.41, 5.74) is 2.41. The van der Waals surface area contributed by atoms with Gasteiger partial charge in [-0.2, -0.15) is 4.31 Å². The molecule has 3 aromatic rings. The molecule has 1 heterocycles. The van der Waals surface area contributed by atoms with Crippen LogP contribution >= 0.6 is 0 Å². The topological polar surface area (TPSA) is 58.6 Å². The summed E-state index contributed by atoms with van der Waals surface area (Å²) in [6.07, 6.45) is -0.510. The number of sulfonamides is 1. The third-order valence-corrected chi connectivity index (χ3v) is 6.88. The van der Waals surface area contributed by atoms with Gasteiger partial charge >= 0.3 is 0 Å². The van der Waals surface area contributed by atoms with Crippen molar-refractivity contribution >= 4 is 15.7 Å². The highest BCUT2D eigenvalue weighted by molar-refractivity contribution is 7.89. The lowest BCUT2D eigenvalue weighted by atomic mass is 10.1. The summed E-state index contributed by atoms with van der Waals surface area (Å²) in [5, 5.41) is 3.41. The van der Waals surface area contributed by atoms with E-state index >= 15 is 0 Å². The minimum atomic E-state index is -3.67. The van der Waals surface area contributed by atoms with Crippen LogP contribution in [0.4, 0.5) is 5.69 Å². The Kier molecular flexibility index (Phi) is 5.79. The molecule has 0 spiro atoms. The van der Waals surface area contributed by atoms with E-state index in [1.54, 1.807) is 18.2 Å². The molecule has 0 amide bonds. The first-order valence-electron chi connectivity index (χ1n) is 10.1. The zero-order valence-corrected chi connectivity index (χ0v) is 18.0.